The molecule has 0 bridgehead atoms. The minimum absolute atomic E-state index is 0. The van der Waals surface area contributed by atoms with Gasteiger partial charge in [0.25, 0.3) is 0 Å². The molecule has 0 spiro atoms. The van der Waals surface area contributed by atoms with Crippen LogP contribution in [0.4, 0.5) is 5.95 Å². The maximum Gasteiger partial charge on any atom is 0.225 e. The molecule has 6 nitrogen and oxygen atoms in total. The Balaban J connectivity index is 0.00000133. The molecular formula is C12H19IN6. The quantitative estimate of drug-likeness (QED) is 0.469. The summed E-state index contributed by atoms with van der Waals surface area (Å²) in [4.78, 5) is 17.3. The van der Waals surface area contributed by atoms with Crippen molar-refractivity contribution in [3.05, 3.63) is 18.5 Å². The number of guanidine groups is 1. The Bertz CT molecular complexity index is 425. The topological polar surface area (TPSA) is 70.6 Å². The molecule has 0 amide bonds. The third-order valence-electron chi connectivity index (χ3n) is 3.30. The summed E-state index contributed by atoms with van der Waals surface area (Å²) in [6.07, 6.45) is 5.94. The van der Waals surface area contributed by atoms with E-state index in [-0.39, 0.29) is 24.0 Å². The van der Waals surface area contributed by atoms with Crippen molar-refractivity contribution in [2.24, 2.45) is 10.7 Å². The molecule has 3 rings (SSSR count). The van der Waals surface area contributed by atoms with Crippen LogP contribution in [0.1, 0.15) is 12.8 Å². The largest absolute Gasteiger partial charge is 0.370 e. The molecule has 1 aromatic rings. The fourth-order valence-corrected chi connectivity index (χ4v) is 2.06. The number of rotatable bonds is 2. The Hall–Kier alpha value is -1.12. The first kappa shape index (κ1) is 14.3. The standard InChI is InChI=1S/C12H18N6.HI/c13-11(16-10-2-3-10)17-6-8-18(9-7-17)12-14-4-1-5-15-12;/h1,4-5,10H,2-3,6-9H2,(H2,13,16);1H. The van der Waals surface area contributed by atoms with Gasteiger partial charge < -0.3 is 15.5 Å². The molecule has 2 N–H and O–H groups in total. The van der Waals surface area contributed by atoms with Crippen LogP contribution in [0.5, 0.6) is 0 Å². The van der Waals surface area contributed by atoms with Gasteiger partial charge in [-0.05, 0) is 18.9 Å². The Morgan fingerprint density at radius 2 is 1.79 bits per heavy atom. The summed E-state index contributed by atoms with van der Waals surface area (Å²) < 4.78 is 0. The highest BCUT2D eigenvalue weighted by atomic mass is 127. The molecule has 104 valence electrons. The lowest BCUT2D eigenvalue weighted by Gasteiger charge is -2.35. The molecule has 0 aromatic carbocycles. The van der Waals surface area contributed by atoms with Gasteiger partial charge >= 0.3 is 0 Å². The van der Waals surface area contributed by atoms with Gasteiger partial charge in [-0.3, -0.25) is 0 Å². The summed E-state index contributed by atoms with van der Waals surface area (Å²) in [5.74, 6) is 1.50. The van der Waals surface area contributed by atoms with Crippen LogP contribution in [0.15, 0.2) is 23.5 Å². The van der Waals surface area contributed by atoms with Crippen molar-refractivity contribution in [2.45, 2.75) is 18.9 Å². The highest BCUT2D eigenvalue weighted by Gasteiger charge is 2.24. The van der Waals surface area contributed by atoms with E-state index in [1.165, 1.54) is 12.8 Å². The second kappa shape index (κ2) is 6.36. The van der Waals surface area contributed by atoms with E-state index < -0.39 is 0 Å². The van der Waals surface area contributed by atoms with Gasteiger partial charge in [0.1, 0.15) is 0 Å². The van der Waals surface area contributed by atoms with Gasteiger partial charge in [-0.2, -0.15) is 0 Å². The average Bonchev–Trinajstić information content (AvgIpc) is 3.24. The van der Waals surface area contributed by atoms with Gasteiger partial charge in [-0.1, -0.05) is 0 Å². The van der Waals surface area contributed by atoms with E-state index in [0.717, 1.165) is 32.1 Å². The highest BCUT2D eigenvalue weighted by molar-refractivity contribution is 14.0. The van der Waals surface area contributed by atoms with E-state index in [2.05, 4.69) is 24.8 Å². The molecule has 0 radical (unpaired) electrons. The number of anilines is 1. The molecule has 7 heteroatoms. The Morgan fingerprint density at radius 1 is 1.16 bits per heavy atom. The Morgan fingerprint density at radius 3 is 2.37 bits per heavy atom. The minimum Gasteiger partial charge on any atom is -0.370 e. The summed E-state index contributed by atoms with van der Waals surface area (Å²) in [7, 11) is 0. The zero-order valence-electron chi connectivity index (χ0n) is 10.8. The number of piperazine rings is 1. The average molecular weight is 374 g/mol. The predicted octanol–water partition coefficient (Wildman–Crippen LogP) is 0.694. The smallest absolute Gasteiger partial charge is 0.225 e. The van der Waals surface area contributed by atoms with Crippen LogP contribution in [0.2, 0.25) is 0 Å². The normalized spacial score (nSPS) is 20.1. The molecule has 1 aliphatic carbocycles. The summed E-state index contributed by atoms with van der Waals surface area (Å²) in [6.45, 7) is 3.57. The van der Waals surface area contributed by atoms with Crippen LogP contribution < -0.4 is 10.6 Å². The molecule has 1 saturated heterocycles. The van der Waals surface area contributed by atoms with Crippen molar-refractivity contribution < 1.29 is 0 Å². The number of hydrogen-bond donors (Lipinski definition) is 1. The first-order chi connectivity index (χ1) is 8.83. The number of nitrogens with two attached hydrogens (primary N) is 1. The zero-order valence-corrected chi connectivity index (χ0v) is 13.1. The molecule has 19 heavy (non-hydrogen) atoms. The molecule has 0 unspecified atom stereocenters. The number of hydrogen-bond acceptors (Lipinski definition) is 4. The number of aliphatic imine (C=N–C) groups is 1. The first-order valence-corrected chi connectivity index (χ1v) is 6.43. The van der Waals surface area contributed by atoms with E-state index in [4.69, 9.17) is 5.73 Å². The number of aromatic nitrogens is 2. The molecule has 0 atom stereocenters. The van der Waals surface area contributed by atoms with Crippen LogP contribution in [0.3, 0.4) is 0 Å². The van der Waals surface area contributed by atoms with E-state index in [1.807, 2.05) is 6.07 Å². The number of nitrogens with zero attached hydrogens (tertiary/aromatic N) is 5. The SMILES string of the molecule is I.NC(=NC1CC1)N1CCN(c2ncccn2)CC1. The van der Waals surface area contributed by atoms with Crippen LogP contribution in [-0.2, 0) is 0 Å². The third-order valence-corrected chi connectivity index (χ3v) is 3.30. The maximum absolute atomic E-state index is 6.00. The van der Waals surface area contributed by atoms with Gasteiger partial charge in [-0.15, -0.1) is 24.0 Å². The number of halogens is 1. The lowest BCUT2D eigenvalue weighted by molar-refractivity contribution is 0.378. The summed E-state index contributed by atoms with van der Waals surface area (Å²) in [5, 5.41) is 0. The van der Waals surface area contributed by atoms with Gasteiger partial charge in [0.05, 0.1) is 6.04 Å². The van der Waals surface area contributed by atoms with Gasteiger partial charge in [0.2, 0.25) is 5.95 Å². The summed E-state index contributed by atoms with van der Waals surface area (Å²) >= 11 is 0. The van der Waals surface area contributed by atoms with Crippen LogP contribution in [0.25, 0.3) is 0 Å². The Labute approximate surface area is 130 Å². The van der Waals surface area contributed by atoms with Gasteiger partial charge in [0.15, 0.2) is 5.96 Å². The Kier molecular flexibility index (Phi) is 4.78. The molecule has 1 saturated carbocycles. The second-order valence-corrected chi connectivity index (χ2v) is 4.74. The van der Waals surface area contributed by atoms with Crippen molar-refractivity contribution in [2.75, 3.05) is 31.1 Å². The van der Waals surface area contributed by atoms with Crippen LogP contribution in [-0.4, -0.2) is 53.0 Å². The van der Waals surface area contributed by atoms with E-state index in [0.29, 0.717) is 12.0 Å². The molecule has 1 aliphatic heterocycles. The summed E-state index contributed by atoms with van der Waals surface area (Å²) in [6, 6.07) is 2.32. The van der Waals surface area contributed by atoms with E-state index in [9.17, 15) is 0 Å². The van der Waals surface area contributed by atoms with Crippen molar-refractivity contribution in [1.29, 1.82) is 0 Å². The van der Waals surface area contributed by atoms with Gasteiger partial charge in [-0.25, -0.2) is 15.0 Å². The first-order valence-electron chi connectivity index (χ1n) is 6.43. The van der Waals surface area contributed by atoms with E-state index in [1.54, 1.807) is 12.4 Å². The van der Waals surface area contributed by atoms with Crippen molar-refractivity contribution >= 4 is 35.9 Å². The molecule has 2 fully saturated rings. The third kappa shape index (κ3) is 3.68. The zero-order chi connectivity index (χ0) is 12.4. The predicted molar refractivity (Wildman–Crippen MR) is 85.9 cm³/mol. The maximum atomic E-state index is 6.00. The highest BCUT2D eigenvalue weighted by Crippen LogP contribution is 2.23. The molecule has 2 heterocycles. The second-order valence-electron chi connectivity index (χ2n) is 4.74. The summed E-state index contributed by atoms with van der Waals surface area (Å²) in [5.41, 5.74) is 6.00. The lowest BCUT2D eigenvalue weighted by Crippen LogP contribution is -2.51. The minimum atomic E-state index is 0. The van der Waals surface area contributed by atoms with Crippen molar-refractivity contribution in [3.8, 4) is 0 Å². The molecule has 2 aliphatic rings. The monoisotopic (exact) mass is 374 g/mol. The van der Waals surface area contributed by atoms with E-state index >= 15 is 0 Å². The molecular weight excluding hydrogens is 355 g/mol. The lowest BCUT2D eigenvalue weighted by atomic mass is 10.3. The van der Waals surface area contributed by atoms with Crippen molar-refractivity contribution in [3.63, 3.8) is 0 Å². The van der Waals surface area contributed by atoms with Crippen molar-refractivity contribution in [1.82, 2.24) is 14.9 Å². The van der Waals surface area contributed by atoms with Crippen LogP contribution in [0, 0.1) is 0 Å². The van der Waals surface area contributed by atoms with Crippen LogP contribution >= 0.6 is 24.0 Å². The fraction of sp³-hybridized carbons (Fsp3) is 0.583. The van der Waals surface area contributed by atoms with Gasteiger partial charge in [0, 0.05) is 38.6 Å². The fourth-order valence-electron chi connectivity index (χ4n) is 2.06. The molecule has 1 aromatic heterocycles.